The number of halogens is 2. The Morgan fingerprint density at radius 3 is 2.43 bits per heavy atom. The van der Waals surface area contributed by atoms with Gasteiger partial charge in [0.05, 0.1) is 5.60 Å². The van der Waals surface area contributed by atoms with E-state index in [0.29, 0.717) is 16.6 Å². The molecular formula is C16H19Cl2NO2. The fraction of sp³-hybridized carbons (Fsp3) is 0.438. The van der Waals surface area contributed by atoms with Crippen molar-refractivity contribution in [3.8, 4) is 0 Å². The number of carbonyl (C=O) groups is 1. The molecule has 1 fully saturated rings. The minimum absolute atomic E-state index is 0.231. The van der Waals surface area contributed by atoms with Crippen molar-refractivity contribution in [2.75, 3.05) is 6.54 Å². The summed E-state index contributed by atoms with van der Waals surface area (Å²) in [5.74, 6) is -0.231. The highest BCUT2D eigenvalue weighted by Gasteiger charge is 2.29. The number of amides is 1. The number of hydrogen-bond acceptors (Lipinski definition) is 2. The summed E-state index contributed by atoms with van der Waals surface area (Å²) in [4.78, 5) is 11.8. The van der Waals surface area contributed by atoms with Crippen molar-refractivity contribution < 1.29 is 9.90 Å². The number of hydrogen-bond donors (Lipinski definition) is 2. The predicted octanol–water partition coefficient (Wildman–Crippen LogP) is 3.82. The molecule has 3 nitrogen and oxygen atoms in total. The average Bonchev–Trinajstić information content (AvgIpc) is 2.43. The van der Waals surface area contributed by atoms with Crippen LogP contribution in [0.4, 0.5) is 0 Å². The maximum atomic E-state index is 11.8. The minimum Gasteiger partial charge on any atom is -0.388 e. The molecule has 21 heavy (non-hydrogen) atoms. The highest BCUT2D eigenvalue weighted by molar-refractivity contribution is 6.34. The molecule has 0 bridgehead atoms. The van der Waals surface area contributed by atoms with Gasteiger partial charge in [0.2, 0.25) is 5.91 Å². The molecule has 0 saturated heterocycles. The third kappa shape index (κ3) is 5.34. The second-order valence-electron chi connectivity index (χ2n) is 5.54. The van der Waals surface area contributed by atoms with Crippen LogP contribution in [0.25, 0.3) is 6.08 Å². The molecule has 0 aromatic heterocycles. The van der Waals surface area contributed by atoms with Gasteiger partial charge in [0.15, 0.2) is 0 Å². The Labute approximate surface area is 134 Å². The molecule has 1 amide bonds. The lowest BCUT2D eigenvalue weighted by atomic mass is 9.85. The monoisotopic (exact) mass is 327 g/mol. The van der Waals surface area contributed by atoms with Crippen molar-refractivity contribution in [1.29, 1.82) is 0 Å². The Morgan fingerprint density at radius 2 is 1.81 bits per heavy atom. The maximum absolute atomic E-state index is 11.8. The molecule has 0 unspecified atom stereocenters. The van der Waals surface area contributed by atoms with E-state index in [4.69, 9.17) is 23.2 Å². The Kier molecular flexibility index (Phi) is 5.68. The zero-order chi connectivity index (χ0) is 15.3. The molecule has 0 radical (unpaired) electrons. The number of aliphatic hydroxyl groups is 1. The van der Waals surface area contributed by atoms with Gasteiger partial charge in [0.25, 0.3) is 0 Å². The van der Waals surface area contributed by atoms with Gasteiger partial charge in [0, 0.05) is 22.7 Å². The van der Waals surface area contributed by atoms with Crippen molar-refractivity contribution in [1.82, 2.24) is 5.32 Å². The van der Waals surface area contributed by atoms with Crippen molar-refractivity contribution >= 4 is 35.2 Å². The van der Waals surface area contributed by atoms with Crippen LogP contribution in [0.5, 0.6) is 0 Å². The van der Waals surface area contributed by atoms with Gasteiger partial charge >= 0.3 is 0 Å². The van der Waals surface area contributed by atoms with Gasteiger partial charge < -0.3 is 10.4 Å². The van der Waals surface area contributed by atoms with Crippen molar-refractivity contribution in [2.45, 2.75) is 37.7 Å². The summed E-state index contributed by atoms with van der Waals surface area (Å²) in [6, 6.07) is 5.09. The Balaban J connectivity index is 1.87. The van der Waals surface area contributed by atoms with Crippen LogP contribution in [-0.4, -0.2) is 23.2 Å². The van der Waals surface area contributed by atoms with Gasteiger partial charge in [-0.3, -0.25) is 4.79 Å². The molecule has 2 rings (SSSR count). The fourth-order valence-electron chi connectivity index (χ4n) is 2.54. The molecule has 1 aliphatic rings. The van der Waals surface area contributed by atoms with Crippen LogP contribution in [-0.2, 0) is 4.79 Å². The van der Waals surface area contributed by atoms with Gasteiger partial charge in [-0.1, -0.05) is 42.5 Å². The number of rotatable bonds is 4. The smallest absolute Gasteiger partial charge is 0.244 e. The molecule has 2 N–H and O–H groups in total. The second kappa shape index (κ2) is 7.30. The highest BCUT2D eigenvalue weighted by atomic mass is 35.5. The van der Waals surface area contributed by atoms with E-state index in [-0.39, 0.29) is 5.91 Å². The third-order valence-electron chi connectivity index (χ3n) is 3.69. The first-order valence-electron chi connectivity index (χ1n) is 7.11. The summed E-state index contributed by atoms with van der Waals surface area (Å²) in [7, 11) is 0. The van der Waals surface area contributed by atoms with E-state index in [1.54, 1.807) is 24.3 Å². The summed E-state index contributed by atoms with van der Waals surface area (Å²) >= 11 is 11.8. The lowest BCUT2D eigenvalue weighted by Crippen LogP contribution is -2.43. The van der Waals surface area contributed by atoms with Gasteiger partial charge in [-0.05, 0) is 42.7 Å². The normalized spacial score (nSPS) is 17.9. The fourth-order valence-corrected chi connectivity index (χ4v) is 3.08. The maximum Gasteiger partial charge on any atom is 0.244 e. The molecule has 0 spiro atoms. The predicted molar refractivity (Wildman–Crippen MR) is 86.5 cm³/mol. The molecule has 0 atom stereocenters. The van der Waals surface area contributed by atoms with Crippen molar-refractivity contribution in [2.24, 2.45) is 0 Å². The Morgan fingerprint density at radius 1 is 1.19 bits per heavy atom. The molecule has 5 heteroatoms. The summed E-state index contributed by atoms with van der Waals surface area (Å²) in [6.07, 6.45) is 7.77. The van der Waals surface area contributed by atoms with Gasteiger partial charge in [0.1, 0.15) is 0 Å². The highest BCUT2D eigenvalue weighted by Crippen LogP contribution is 2.27. The van der Waals surface area contributed by atoms with Crippen LogP contribution in [0, 0.1) is 0 Å². The second-order valence-corrected chi connectivity index (χ2v) is 6.41. The zero-order valence-corrected chi connectivity index (χ0v) is 13.3. The quantitative estimate of drug-likeness (QED) is 0.826. The van der Waals surface area contributed by atoms with Crippen LogP contribution >= 0.6 is 23.2 Å². The van der Waals surface area contributed by atoms with Crippen LogP contribution in [0.2, 0.25) is 10.0 Å². The van der Waals surface area contributed by atoms with E-state index < -0.39 is 5.60 Å². The molecule has 1 aromatic carbocycles. The SMILES string of the molecule is O=C(C=Cc1cc(Cl)cc(Cl)c1)NCC1(O)CCCCC1. The third-order valence-corrected chi connectivity index (χ3v) is 4.12. The Bertz CT molecular complexity index is 517. The molecule has 1 aromatic rings. The first-order chi connectivity index (χ1) is 9.97. The molecule has 1 aliphatic carbocycles. The van der Waals surface area contributed by atoms with Crippen LogP contribution in [0.1, 0.15) is 37.7 Å². The first kappa shape index (κ1) is 16.3. The zero-order valence-electron chi connectivity index (χ0n) is 11.7. The van der Waals surface area contributed by atoms with Crippen LogP contribution < -0.4 is 5.32 Å². The summed E-state index contributed by atoms with van der Waals surface area (Å²) < 4.78 is 0. The van der Waals surface area contributed by atoms with E-state index in [9.17, 15) is 9.90 Å². The van der Waals surface area contributed by atoms with Gasteiger partial charge in [-0.25, -0.2) is 0 Å². The average molecular weight is 328 g/mol. The molecule has 114 valence electrons. The molecule has 1 saturated carbocycles. The van der Waals surface area contributed by atoms with E-state index in [2.05, 4.69) is 5.32 Å². The van der Waals surface area contributed by atoms with E-state index in [0.717, 1.165) is 37.7 Å². The lowest BCUT2D eigenvalue weighted by Gasteiger charge is -2.31. The molecule has 0 heterocycles. The standard InChI is InChI=1S/C16H19Cl2NO2/c17-13-8-12(9-14(18)10-13)4-5-15(20)19-11-16(21)6-2-1-3-7-16/h4-5,8-10,21H,1-3,6-7,11H2,(H,19,20). The lowest BCUT2D eigenvalue weighted by molar-refractivity contribution is -0.118. The number of carbonyl (C=O) groups excluding carboxylic acids is 1. The molecular weight excluding hydrogens is 309 g/mol. The van der Waals surface area contributed by atoms with E-state index in [1.807, 2.05) is 0 Å². The number of benzene rings is 1. The van der Waals surface area contributed by atoms with Crippen LogP contribution in [0.15, 0.2) is 24.3 Å². The largest absolute Gasteiger partial charge is 0.388 e. The van der Waals surface area contributed by atoms with Crippen LogP contribution in [0.3, 0.4) is 0 Å². The minimum atomic E-state index is -0.749. The van der Waals surface area contributed by atoms with Crippen molar-refractivity contribution in [3.05, 3.63) is 39.9 Å². The molecule has 0 aliphatic heterocycles. The van der Waals surface area contributed by atoms with Gasteiger partial charge in [-0.2, -0.15) is 0 Å². The Hall–Kier alpha value is -1.03. The van der Waals surface area contributed by atoms with Crippen molar-refractivity contribution in [3.63, 3.8) is 0 Å². The van der Waals surface area contributed by atoms with E-state index in [1.165, 1.54) is 6.08 Å². The first-order valence-corrected chi connectivity index (χ1v) is 7.87. The van der Waals surface area contributed by atoms with E-state index >= 15 is 0 Å². The summed E-state index contributed by atoms with van der Waals surface area (Å²) in [6.45, 7) is 0.298. The number of nitrogens with one attached hydrogen (secondary N) is 1. The summed E-state index contributed by atoms with van der Waals surface area (Å²) in [5.41, 5.74) is 0.0141. The topological polar surface area (TPSA) is 49.3 Å². The summed E-state index contributed by atoms with van der Waals surface area (Å²) in [5, 5.41) is 14.1. The van der Waals surface area contributed by atoms with Gasteiger partial charge in [-0.15, -0.1) is 0 Å².